The molecule has 0 saturated carbocycles. The first kappa shape index (κ1) is 20.0. The highest BCUT2D eigenvalue weighted by Crippen LogP contribution is 2.40. The van der Waals surface area contributed by atoms with Crippen LogP contribution in [0.4, 0.5) is 0 Å². The van der Waals surface area contributed by atoms with E-state index in [1.54, 1.807) is 6.07 Å². The van der Waals surface area contributed by atoms with Crippen molar-refractivity contribution in [3.05, 3.63) is 88.6 Å². The van der Waals surface area contributed by atoms with Gasteiger partial charge in [0.25, 0.3) is 0 Å². The van der Waals surface area contributed by atoms with Gasteiger partial charge in [-0.05, 0) is 49.2 Å². The lowest BCUT2D eigenvalue weighted by Crippen LogP contribution is -1.97. The van der Waals surface area contributed by atoms with E-state index in [9.17, 15) is 5.11 Å². The summed E-state index contributed by atoms with van der Waals surface area (Å²) < 4.78 is 7.65. The number of phenols is 1. The fraction of sp³-hybridized carbons (Fsp3) is 0.160. The minimum atomic E-state index is 0.153. The third-order valence-corrected chi connectivity index (χ3v) is 5.36. The van der Waals surface area contributed by atoms with E-state index in [1.807, 2.05) is 55.1 Å². The van der Waals surface area contributed by atoms with Gasteiger partial charge in [0.05, 0.1) is 11.4 Å². The number of ether oxygens (including phenoxy) is 1. The zero-order valence-electron chi connectivity index (χ0n) is 17.2. The number of benzene rings is 3. The first-order chi connectivity index (χ1) is 14.4. The molecule has 1 N–H and O–H groups in total. The van der Waals surface area contributed by atoms with Crippen molar-refractivity contribution >= 4 is 11.6 Å². The van der Waals surface area contributed by atoms with E-state index in [1.165, 1.54) is 5.56 Å². The Morgan fingerprint density at radius 1 is 0.967 bits per heavy atom. The number of rotatable bonds is 5. The number of nitrogens with zero attached hydrogens (tertiary/aromatic N) is 2. The number of aryl methyl sites for hydroxylation is 3. The van der Waals surface area contributed by atoms with Crippen molar-refractivity contribution in [3.8, 4) is 33.9 Å². The number of phenolic OH excluding ortho intramolecular Hbond substituents is 1. The van der Waals surface area contributed by atoms with Gasteiger partial charge in [0.15, 0.2) is 0 Å². The molecule has 0 unspecified atom stereocenters. The summed E-state index contributed by atoms with van der Waals surface area (Å²) in [5.41, 5.74) is 6.80. The highest BCUT2D eigenvalue weighted by atomic mass is 35.5. The van der Waals surface area contributed by atoms with Gasteiger partial charge in [-0.3, -0.25) is 4.68 Å². The van der Waals surface area contributed by atoms with Gasteiger partial charge in [-0.1, -0.05) is 53.6 Å². The molecule has 4 nitrogen and oxygen atoms in total. The second-order valence-electron chi connectivity index (χ2n) is 7.39. The Kier molecular flexibility index (Phi) is 5.51. The van der Waals surface area contributed by atoms with Gasteiger partial charge in [-0.15, -0.1) is 0 Å². The van der Waals surface area contributed by atoms with Crippen LogP contribution in [0.2, 0.25) is 5.02 Å². The Morgan fingerprint density at radius 2 is 1.67 bits per heavy atom. The predicted molar refractivity (Wildman–Crippen MR) is 121 cm³/mol. The summed E-state index contributed by atoms with van der Waals surface area (Å²) in [6.45, 7) is 4.45. The van der Waals surface area contributed by atoms with Crippen molar-refractivity contribution in [3.63, 3.8) is 0 Å². The van der Waals surface area contributed by atoms with Crippen molar-refractivity contribution in [2.45, 2.75) is 20.5 Å². The molecule has 0 atom stereocenters. The zero-order chi connectivity index (χ0) is 21.3. The van der Waals surface area contributed by atoms with Gasteiger partial charge in [-0.25, -0.2) is 0 Å². The van der Waals surface area contributed by atoms with E-state index in [2.05, 4.69) is 36.3 Å². The van der Waals surface area contributed by atoms with Crippen LogP contribution in [0.5, 0.6) is 11.5 Å². The topological polar surface area (TPSA) is 47.3 Å². The monoisotopic (exact) mass is 418 g/mol. The molecule has 4 rings (SSSR count). The SMILES string of the molecule is Cc1ccc(-c2c(C)nn(C)c2-c2ccc(OCc3ccc(Cl)cc3)cc2O)cc1. The van der Waals surface area contributed by atoms with E-state index < -0.39 is 0 Å². The lowest BCUT2D eigenvalue weighted by molar-refractivity contribution is 0.304. The molecule has 152 valence electrons. The van der Waals surface area contributed by atoms with E-state index >= 15 is 0 Å². The van der Waals surface area contributed by atoms with Crippen molar-refractivity contribution in [1.82, 2.24) is 9.78 Å². The van der Waals surface area contributed by atoms with Crippen LogP contribution in [0.1, 0.15) is 16.8 Å². The van der Waals surface area contributed by atoms with Crippen molar-refractivity contribution in [2.75, 3.05) is 0 Å². The summed E-state index contributed by atoms with van der Waals surface area (Å²) in [5.74, 6) is 0.752. The summed E-state index contributed by atoms with van der Waals surface area (Å²) in [4.78, 5) is 0. The normalized spacial score (nSPS) is 10.9. The van der Waals surface area contributed by atoms with Crippen LogP contribution < -0.4 is 4.74 Å². The fourth-order valence-corrected chi connectivity index (χ4v) is 3.71. The van der Waals surface area contributed by atoms with Gasteiger partial charge < -0.3 is 9.84 Å². The van der Waals surface area contributed by atoms with Crippen molar-refractivity contribution < 1.29 is 9.84 Å². The molecule has 5 heteroatoms. The van der Waals surface area contributed by atoms with Gasteiger partial charge >= 0.3 is 0 Å². The van der Waals surface area contributed by atoms with E-state index in [-0.39, 0.29) is 5.75 Å². The van der Waals surface area contributed by atoms with Gasteiger partial charge in [-0.2, -0.15) is 5.10 Å². The number of halogens is 1. The Bertz CT molecular complexity index is 1180. The molecule has 0 bridgehead atoms. The van der Waals surface area contributed by atoms with Crippen LogP contribution >= 0.6 is 11.6 Å². The largest absolute Gasteiger partial charge is 0.507 e. The second-order valence-corrected chi connectivity index (χ2v) is 7.83. The molecule has 0 radical (unpaired) electrons. The van der Waals surface area contributed by atoms with Crippen LogP contribution in [-0.4, -0.2) is 14.9 Å². The number of hydrogen-bond acceptors (Lipinski definition) is 3. The molecule has 0 aliphatic rings. The van der Waals surface area contributed by atoms with E-state index in [0.717, 1.165) is 28.1 Å². The van der Waals surface area contributed by atoms with Crippen LogP contribution in [0.25, 0.3) is 22.4 Å². The molecule has 30 heavy (non-hydrogen) atoms. The van der Waals surface area contributed by atoms with Crippen molar-refractivity contribution in [1.29, 1.82) is 0 Å². The summed E-state index contributed by atoms with van der Waals surface area (Å²) in [6.07, 6.45) is 0. The highest BCUT2D eigenvalue weighted by molar-refractivity contribution is 6.30. The summed E-state index contributed by atoms with van der Waals surface area (Å²) in [5, 5.41) is 16.1. The second kappa shape index (κ2) is 8.25. The maximum Gasteiger partial charge on any atom is 0.128 e. The Hall–Kier alpha value is -3.24. The Balaban J connectivity index is 1.65. The maximum atomic E-state index is 10.8. The summed E-state index contributed by atoms with van der Waals surface area (Å²) in [6, 6.07) is 21.2. The molecule has 0 spiro atoms. The van der Waals surface area contributed by atoms with Gasteiger partial charge in [0.2, 0.25) is 0 Å². The van der Waals surface area contributed by atoms with Crippen molar-refractivity contribution in [2.24, 2.45) is 7.05 Å². The van der Waals surface area contributed by atoms with Gasteiger partial charge in [0, 0.05) is 29.3 Å². The fourth-order valence-electron chi connectivity index (χ4n) is 3.58. The van der Waals surface area contributed by atoms with Crippen LogP contribution in [0.3, 0.4) is 0 Å². The van der Waals surface area contributed by atoms with Gasteiger partial charge in [0.1, 0.15) is 18.1 Å². The van der Waals surface area contributed by atoms with E-state index in [0.29, 0.717) is 22.9 Å². The number of aromatic nitrogens is 2. The third kappa shape index (κ3) is 4.05. The summed E-state index contributed by atoms with van der Waals surface area (Å²) in [7, 11) is 1.89. The molecule has 1 aromatic heterocycles. The van der Waals surface area contributed by atoms with Crippen LogP contribution in [0, 0.1) is 13.8 Å². The minimum Gasteiger partial charge on any atom is -0.507 e. The number of aromatic hydroxyl groups is 1. The molecule has 1 heterocycles. The quantitative estimate of drug-likeness (QED) is 0.413. The average molecular weight is 419 g/mol. The maximum absolute atomic E-state index is 10.8. The highest BCUT2D eigenvalue weighted by Gasteiger charge is 2.19. The smallest absolute Gasteiger partial charge is 0.128 e. The molecular weight excluding hydrogens is 396 g/mol. The zero-order valence-corrected chi connectivity index (χ0v) is 17.9. The molecule has 4 aromatic rings. The first-order valence-electron chi connectivity index (χ1n) is 9.73. The molecule has 0 saturated heterocycles. The summed E-state index contributed by atoms with van der Waals surface area (Å²) >= 11 is 5.92. The first-order valence-corrected chi connectivity index (χ1v) is 10.1. The molecule has 3 aromatic carbocycles. The van der Waals surface area contributed by atoms with E-state index in [4.69, 9.17) is 16.3 Å². The molecular formula is C25H23ClN2O2. The van der Waals surface area contributed by atoms with Crippen LogP contribution in [0.15, 0.2) is 66.7 Å². The van der Waals surface area contributed by atoms with Crippen LogP contribution in [-0.2, 0) is 13.7 Å². The third-order valence-electron chi connectivity index (χ3n) is 5.11. The Morgan fingerprint density at radius 3 is 2.33 bits per heavy atom. The standard InChI is InChI=1S/C25H23ClN2O2/c1-16-4-8-19(9-5-16)24-17(2)27-28(3)25(24)22-13-12-21(14-23(22)29)30-15-18-6-10-20(26)11-7-18/h4-14,29H,15H2,1-3H3. The Labute approximate surface area is 181 Å². The lowest BCUT2D eigenvalue weighted by Gasteiger charge is -2.12. The lowest BCUT2D eigenvalue weighted by atomic mass is 9.97. The molecule has 0 amide bonds. The number of hydrogen-bond donors (Lipinski definition) is 1. The minimum absolute atomic E-state index is 0.153. The molecule has 0 fully saturated rings. The molecule has 0 aliphatic carbocycles. The molecule has 0 aliphatic heterocycles. The predicted octanol–water partition coefficient (Wildman–Crippen LogP) is 6.31. The average Bonchev–Trinajstić information content (AvgIpc) is 3.02.